The van der Waals surface area contributed by atoms with Crippen LogP contribution in [-0.4, -0.2) is 104 Å². The highest BCUT2D eigenvalue weighted by Crippen LogP contribution is 2.28. The maximum Gasteiger partial charge on any atom is 0.152 e. The summed E-state index contributed by atoms with van der Waals surface area (Å²) in [6.07, 6.45) is 14.5. The van der Waals surface area contributed by atoms with Crippen molar-refractivity contribution in [1.29, 1.82) is 0 Å². The fourth-order valence-corrected chi connectivity index (χ4v) is 7.87. The van der Waals surface area contributed by atoms with Gasteiger partial charge >= 0.3 is 0 Å². The number of aromatic amines is 2. The van der Waals surface area contributed by atoms with Crippen LogP contribution in [0.3, 0.4) is 0 Å². The number of nitrogens with zero attached hydrogens (tertiary/aromatic N) is 4. The molecule has 0 bridgehead atoms. The third-order valence-corrected chi connectivity index (χ3v) is 11.2. The first-order chi connectivity index (χ1) is 32.1. The van der Waals surface area contributed by atoms with E-state index in [2.05, 4.69) is 71.2 Å². The second kappa shape index (κ2) is 24.1. The first-order valence-electron chi connectivity index (χ1n) is 22.6. The normalized spacial score (nSPS) is 15.0. The molecule has 0 amide bonds. The van der Waals surface area contributed by atoms with E-state index < -0.39 is 6.23 Å². The summed E-state index contributed by atoms with van der Waals surface area (Å²) in [5.74, 6) is 3.02. The van der Waals surface area contributed by atoms with E-state index in [9.17, 15) is 0 Å². The van der Waals surface area contributed by atoms with E-state index in [1.54, 1.807) is 12.4 Å². The van der Waals surface area contributed by atoms with Crippen molar-refractivity contribution in [2.45, 2.75) is 45.2 Å². The Labute approximate surface area is 380 Å². The zero-order valence-electron chi connectivity index (χ0n) is 37.0. The molecule has 65 heavy (non-hydrogen) atoms. The molecule has 3 aromatic heterocycles. The van der Waals surface area contributed by atoms with Crippen LogP contribution in [-0.2, 0) is 34.0 Å². The number of hydrogen-bond donors (Lipinski definition) is 5. The third kappa shape index (κ3) is 13.8. The van der Waals surface area contributed by atoms with Crippen molar-refractivity contribution in [3.8, 4) is 34.2 Å². The lowest BCUT2D eigenvalue weighted by atomic mass is 10.1. The maximum absolute atomic E-state index is 6.45. The number of nitrogen functional groups attached to an aromatic ring is 1. The van der Waals surface area contributed by atoms with Gasteiger partial charge in [0.05, 0.1) is 38.7 Å². The average Bonchev–Trinajstić information content (AvgIpc) is 4.20. The van der Waals surface area contributed by atoms with E-state index >= 15 is 0 Å². The second-order valence-corrected chi connectivity index (χ2v) is 16.0. The van der Waals surface area contributed by atoms with Crippen LogP contribution in [0.5, 0.6) is 11.5 Å². The van der Waals surface area contributed by atoms with Gasteiger partial charge in [-0.15, -0.1) is 0 Å². The summed E-state index contributed by atoms with van der Waals surface area (Å²) in [6.45, 7) is 9.85. The number of nitrogens with two attached hydrogens (primary N) is 1. The molecule has 0 spiro atoms. The SMILES string of the molecule is Nc1ccc(OCCN2CCCC2)c(COC/C=C/C(Nc2ccc(N3CCOCC3)c(CNC/C=C\CCOc3cccc(-c4ccn[nH]4)c3)c2)OCc2ccc(-c3ccn[nH]3)o2)c1. The molecule has 2 aliphatic heterocycles. The Balaban J connectivity index is 0.879. The van der Waals surface area contributed by atoms with Crippen molar-refractivity contribution in [2.75, 3.05) is 88.3 Å². The largest absolute Gasteiger partial charge is 0.493 e. The van der Waals surface area contributed by atoms with Crippen LogP contribution in [0, 0.1) is 0 Å². The van der Waals surface area contributed by atoms with Crippen LogP contribution < -0.4 is 30.7 Å². The van der Waals surface area contributed by atoms with Crippen molar-refractivity contribution in [3.05, 3.63) is 139 Å². The number of anilines is 3. The van der Waals surface area contributed by atoms with Gasteiger partial charge in [-0.2, -0.15) is 10.2 Å². The van der Waals surface area contributed by atoms with Crippen molar-refractivity contribution >= 4 is 17.1 Å². The van der Waals surface area contributed by atoms with Crippen LogP contribution >= 0.6 is 0 Å². The highest BCUT2D eigenvalue weighted by molar-refractivity contribution is 5.62. The first kappa shape index (κ1) is 45.2. The topological polar surface area (TPSA) is 173 Å². The van der Waals surface area contributed by atoms with Gasteiger partial charge in [0.25, 0.3) is 0 Å². The molecule has 2 aliphatic rings. The van der Waals surface area contributed by atoms with Gasteiger partial charge in [-0.25, -0.2) is 0 Å². The number of benzene rings is 3. The zero-order chi connectivity index (χ0) is 44.3. The molecule has 15 heteroatoms. The molecule has 3 aromatic carbocycles. The van der Waals surface area contributed by atoms with Gasteiger partial charge in [0.1, 0.15) is 42.4 Å². The number of nitrogens with one attached hydrogen (secondary N) is 4. The lowest BCUT2D eigenvalue weighted by Gasteiger charge is -2.31. The number of rotatable bonds is 25. The second-order valence-electron chi connectivity index (χ2n) is 16.0. The molecule has 0 radical (unpaired) electrons. The quantitative estimate of drug-likeness (QED) is 0.0163. The standard InChI is InChI=1S/C50H61N9O6/c51-41-11-15-48(63-31-24-58-22-3-4-23-58)40(32-41)36-61-27-7-10-50(64-37-44-13-16-49(65-44)46-18-21-54-57-46)55-42-12-14-47(59-25-29-60-30-26-59)39(33-42)35-52-19-2-1-5-28-62-43-9-6-8-38(34-43)45-17-20-53-56-45/h1-2,6-18,20-21,32-34,50,52,55H,3-5,19,22-31,35-37,51H2,(H,53,56)(H,54,57)/b2-1-,10-7+. The summed E-state index contributed by atoms with van der Waals surface area (Å²) in [7, 11) is 0. The van der Waals surface area contributed by atoms with Crippen LogP contribution in [0.2, 0.25) is 0 Å². The third-order valence-electron chi connectivity index (χ3n) is 11.2. The molecule has 0 saturated carbocycles. The number of morpholine rings is 1. The predicted molar refractivity (Wildman–Crippen MR) is 254 cm³/mol. The molecule has 6 N–H and O–H groups in total. The number of ether oxygens (including phenoxy) is 5. The fourth-order valence-electron chi connectivity index (χ4n) is 7.87. The Kier molecular flexibility index (Phi) is 16.7. The van der Waals surface area contributed by atoms with Gasteiger partial charge in [0.2, 0.25) is 0 Å². The molecule has 8 rings (SSSR count). The van der Waals surface area contributed by atoms with Crippen LogP contribution in [0.25, 0.3) is 22.7 Å². The Morgan fingerprint density at radius 3 is 2.51 bits per heavy atom. The number of likely N-dealkylation sites (tertiary alicyclic amines) is 1. The highest BCUT2D eigenvalue weighted by Gasteiger charge is 2.17. The highest BCUT2D eigenvalue weighted by atomic mass is 16.5. The van der Waals surface area contributed by atoms with E-state index in [1.165, 1.54) is 24.1 Å². The predicted octanol–water partition coefficient (Wildman–Crippen LogP) is 7.80. The van der Waals surface area contributed by atoms with Gasteiger partial charge < -0.3 is 49.4 Å². The molecule has 2 saturated heterocycles. The molecule has 5 heterocycles. The average molecular weight is 884 g/mol. The molecular weight excluding hydrogens is 823 g/mol. The monoisotopic (exact) mass is 883 g/mol. The van der Waals surface area contributed by atoms with E-state index in [1.807, 2.05) is 78.9 Å². The Morgan fingerprint density at radius 1 is 0.800 bits per heavy atom. The van der Waals surface area contributed by atoms with Crippen molar-refractivity contribution in [3.63, 3.8) is 0 Å². The van der Waals surface area contributed by atoms with Gasteiger partial charge in [-0.3, -0.25) is 15.1 Å². The fraction of sp³-hybridized carbons (Fsp3) is 0.360. The Bertz CT molecular complexity index is 2370. The van der Waals surface area contributed by atoms with Crippen molar-refractivity contribution in [2.24, 2.45) is 0 Å². The van der Waals surface area contributed by atoms with Crippen LogP contribution in [0.4, 0.5) is 17.1 Å². The van der Waals surface area contributed by atoms with E-state index in [-0.39, 0.29) is 6.61 Å². The minimum atomic E-state index is -0.496. The zero-order valence-corrected chi connectivity index (χ0v) is 37.0. The Hall–Kier alpha value is -6.36. The number of H-pyrrole nitrogens is 2. The molecule has 2 fully saturated rings. The maximum atomic E-state index is 6.45. The van der Waals surface area contributed by atoms with E-state index in [4.69, 9.17) is 33.8 Å². The molecule has 0 aliphatic carbocycles. The van der Waals surface area contributed by atoms with Gasteiger partial charge in [0.15, 0.2) is 5.76 Å². The minimum absolute atomic E-state index is 0.244. The summed E-state index contributed by atoms with van der Waals surface area (Å²) in [5.41, 5.74) is 13.9. The van der Waals surface area contributed by atoms with E-state index in [0.29, 0.717) is 63.4 Å². The number of hydrogen-bond acceptors (Lipinski definition) is 13. The van der Waals surface area contributed by atoms with Gasteiger partial charge in [-0.05, 0) is 117 Å². The van der Waals surface area contributed by atoms with Crippen molar-refractivity contribution in [1.82, 2.24) is 30.6 Å². The van der Waals surface area contributed by atoms with Crippen LogP contribution in [0.1, 0.15) is 36.1 Å². The van der Waals surface area contributed by atoms with Crippen LogP contribution in [0.15, 0.2) is 126 Å². The summed E-state index contributed by atoms with van der Waals surface area (Å²) in [4.78, 5) is 4.83. The van der Waals surface area contributed by atoms with Gasteiger partial charge in [-0.1, -0.05) is 30.4 Å². The molecule has 6 aromatic rings. The molecule has 15 nitrogen and oxygen atoms in total. The summed E-state index contributed by atoms with van der Waals surface area (Å²) < 4.78 is 36.6. The first-order valence-corrected chi connectivity index (χ1v) is 22.6. The number of furan rings is 1. The smallest absolute Gasteiger partial charge is 0.152 e. The molecule has 1 atom stereocenters. The minimum Gasteiger partial charge on any atom is -0.493 e. The van der Waals surface area contributed by atoms with E-state index in [0.717, 1.165) is 85.4 Å². The van der Waals surface area contributed by atoms with Gasteiger partial charge in [0, 0.05) is 73.3 Å². The molecule has 342 valence electrons. The Morgan fingerprint density at radius 2 is 1.66 bits per heavy atom. The lowest BCUT2D eigenvalue weighted by molar-refractivity contribution is 0.0762. The summed E-state index contributed by atoms with van der Waals surface area (Å²) in [6, 6.07) is 27.9. The molecule has 1 unspecified atom stereocenters. The molecular formula is C50H61N9O6. The lowest BCUT2D eigenvalue weighted by Crippen LogP contribution is -2.37. The summed E-state index contributed by atoms with van der Waals surface area (Å²) >= 11 is 0. The number of aromatic nitrogens is 4. The van der Waals surface area contributed by atoms with Crippen molar-refractivity contribution < 1.29 is 28.1 Å². The summed E-state index contributed by atoms with van der Waals surface area (Å²) in [5, 5.41) is 21.3.